The molecule has 0 spiro atoms. The Morgan fingerprint density at radius 3 is 2.40 bits per heavy atom. The minimum absolute atomic E-state index is 0.0184. The van der Waals surface area contributed by atoms with E-state index in [1.165, 1.54) is 43.0 Å². The Morgan fingerprint density at radius 1 is 0.967 bits per heavy atom. The Balaban J connectivity index is 1.92. The summed E-state index contributed by atoms with van der Waals surface area (Å²) in [6, 6.07) is 13.6. The van der Waals surface area contributed by atoms with Gasteiger partial charge in [0.2, 0.25) is 5.78 Å². The number of hydrogen-bond donors (Lipinski definition) is 0. The molecule has 150 valence electrons. The molecule has 0 saturated heterocycles. The Hall–Kier alpha value is -4.07. The van der Waals surface area contributed by atoms with Crippen LogP contribution in [0.5, 0.6) is 5.75 Å². The second-order valence-corrected chi connectivity index (χ2v) is 6.36. The summed E-state index contributed by atoms with van der Waals surface area (Å²) in [5, 5.41) is 4.52. The van der Waals surface area contributed by atoms with Crippen molar-refractivity contribution in [2.24, 2.45) is 0 Å². The van der Waals surface area contributed by atoms with E-state index >= 15 is 0 Å². The highest BCUT2D eigenvalue weighted by Crippen LogP contribution is 2.29. The molecule has 0 bridgehead atoms. The van der Waals surface area contributed by atoms with Crippen LogP contribution in [0.1, 0.15) is 26.5 Å². The highest BCUT2D eigenvalue weighted by molar-refractivity contribution is 6.16. The fourth-order valence-electron chi connectivity index (χ4n) is 3.09. The predicted octanol–water partition coefficient (Wildman–Crippen LogP) is 3.56. The highest BCUT2D eigenvalue weighted by atomic mass is 19.1. The number of carbonyl (C=O) groups is 2. The third kappa shape index (κ3) is 3.39. The molecule has 0 atom stereocenters. The second kappa shape index (κ2) is 7.75. The molecule has 4 aromatic rings. The summed E-state index contributed by atoms with van der Waals surface area (Å²) in [4.78, 5) is 29.4. The standard InChI is InChI=1S/C22H16FN3O4/c1-29-15-10-11-18-19(21(27)16-4-3-5-17(24-16)22(28)30-2)20(25-26(18)12-15)13-6-8-14(23)9-7-13/h3-12H,1-2H3. The van der Waals surface area contributed by atoms with Crippen molar-refractivity contribution < 1.29 is 23.5 Å². The van der Waals surface area contributed by atoms with Crippen molar-refractivity contribution >= 4 is 17.3 Å². The topological polar surface area (TPSA) is 82.8 Å². The molecule has 0 fully saturated rings. The summed E-state index contributed by atoms with van der Waals surface area (Å²) in [5.41, 5.74) is 1.80. The largest absolute Gasteiger partial charge is 0.495 e. The number of fused-ring (bicyclic) bond motifs is 1. The molecule has 7 nitrogen and oxygen atoms in total. The maximum absolute atomic E-state index is 13.4. The molecule has 8 heteroatoms. The molecule has 0 amide bonds. The van der Waals surface area contributed by atoms with Crippen LogP contribution in [0.15, 0.2) is 60.8 Å². The van der Waals surface area contributed by atoms with Crippen molar-refractivity contribution in [2.45, 2.75) is 0 Å². The van der Waals surface area contributed by atoms with Gasteiger partial charge >= 0.3 is 5.97 Å². The first-order valence-electron chi connectivity index (χ1n) is 8.94. The number of pyridine rings is 2. The zero-order chi connectivity index (χ0) is 21.3. The Morgan fingerprint density at radius 2 is 1.70 bits per heavy atom. The number of hydrogen-bond acceptors (Lipinski definition) is 6. The van der Waals surface area contributed by atoms with E-state index in [0.29, 0.717) is 22.5 Å². The molecule has 0 saturated carbocycles. The van der Waals surface area contributed by atoms with Gasteiger partial charge in [-0.3, -0.25) is 4.79 Å². The number of ether oxygens (including phenoxy) is 2. The van der Waals surface area contributed by atoms with Crippen molar-refractivity contribution in [1.29, 1.82) is 0 Å². The second-order valence-electron chi connectivity index (χ2n) is 6.36. The van der Waals surface area contributed by atoms with Gasteiger partial charge in [0.15, 0.2) is 0 Å². The van der Waals surface area contributed by atoms with Crippen molar-refractivity contribution in [3.8, 4) is 17.0 Å². The molecule has 3 heterocycles. The summed E-state index contributed by atoms with van der Waals surface area (Å²) in [6.07, 6.45) is 1.64. The van der Waals surface area contributed by atoms with E-state index in [1.54, 1.807) is 36.5 Å². The summed E-state index contributed by atoms with van der Waals surface area (Å²) in [7, 11) is 2.77. The van der Waals surface area contributed by atoms with Gasteiger partial charge in [-0.2, -0.15) is 5.10 Å². The van der Waals surface area contributed by atoms with Crippen molar-refractivity contribution in [1.82, 2.24) is 14.6 Å². The number of rotatable bonds is 5. The first-order valence-corrected chi connectivity index (χ1v) is 8.94. The maximum Gasteiger partial charge on any atom is 0.356 e. The van der Waals surface area contributed by atoms with Gasteiger partial charge in [-0.25, -0.2) is 18.7 Å². The number of methoxy groups -OCH3 is 2. The highest BCUT2D eigenvalue weighted by Gasteiger charge is 2.24. The van der Waals surface area contributed by atoms with Gasteiger partial charge in [-0.1, -0.05) is 6.07 Å². The van der Waals surface area contributed by atoms with Gasteiger partial charge in [0.05, 0.1) is 31.5 Å². The number of benzene rings is 1. The molecule has 1 aromatic carbocycles. The average molecular weight is 405 g/mol. The van der Waals surface area contributed by atoms with Gasteiger partial charge < -0.3 is 9.47 Å². The third-order valence-corrected chi connectivity index (χ3v) is 4.56. The Labute approximate surface area is 170 Å². The van der Waals surface area contributed by atoms with E-state index in [2.05, 4.69) is 14.8 Å². The first-order chi connectivity index (χ1) is 14.5. The Bertz CT molecular complexity index is 1270. The van der Waals surface area contributed by atoms with Crippen LogP contribution in [0, 0.1) is 5.82 Å². The van der Waals surface area contributed by atoms with Crippen molar-refractivity contribution in [3.05, 3.63) is 83.6 Å². The molecule has 0 aliphatic carbocycles. The molecule has 0 unspecified atom stereocenters. The lowest BCUT2D eigenvalue weighted by Crippen LogP contribution is -2.10. The van der Waals surface area contributed by atoms with E-state index in [-0.39, 0.29) is 17.0 Å². The van der Waals surface area contributed by atoms with Crippen LogP contribution < -0.4 is 4.74 Å². The molecule has 3 aromatic heterocycles. The number of halogens is 1. The fraction of sp³-hybridized carbons (Fsp3) is 0.0909. The molecule has 4 rings (SSSR count). The fourth-order valence-corrected chi connectivity index (χ4v) is 3.09. The minimum Gasteiger partial charge on any atom is -0.495 e. The predicted molar refractivity (Wildman–Crippen MR) is 106 cm³/mol. The van der Waals surface area contributed by atoms with Crippen LogP contribution in [0.25, 0.3) is 16.8 Å². The molecular formula is C22H16FN3O4. The van der Waals surface area contributed by atoms with E-state index in [1.807, 2.05) is 0 Å². The quantitative estimate of drug-likeness (QED) is 0.373. The zero-order valence-corrected chi connectivity index (χ0v) is 16.1. The molecule has 0 aliphatic heterocycles. The lowest BCUT2D eigenvalue weighted by Gasteiger charge is -2.05. The van der Waals surface area contributed by atoms with Gasteiger partial charge in [-0.15, -0.1) is 0 Å². The summed E-state index contributed by atoms with van der Waals surface area (Å²) in [5.74, 6) is -0.918. The van der Waals surface area contributed by atoms with E-state index < -0.39 is 17.6 Å². The third-order valence-electron chi connectivity index (χ3n) is 4.56. The first kappa shape index (κ1) is 19.3. The van der Waals surface area contributed by atoms with Crippen LogP contribution in [0.3, 0.4) is 0 Å². The van der Waals surface area contributed by atoms with Gasteiger partial charge in [0, 0.05) is 5.56 Å². The summed E-state index contributed by atoms with van der Waals surface area (Å²) < 4.78 is 24.9. The number of nitrogens with zero attached hydrogens (tertiary/aromatic N) is 3. The SMILES string of the molecule is COC(=O)c1cccc(C(=O)c2c(-c3ccc(F)cc3)nn3cc(OC)ccc23)n1. The van der Waals surface area contributed by atoms with Crippen LogP contribution in [-0.4, -0.2) is 40.6 Å². The lowest BCUT2D eigenvalue weighted by atomic mass is 10.0. The molecule has 0 radical (unpaired) electrons. The number of carbonyl (C=O) groups excluding carboxylic acids is 2. The van der Waals surface area contributed by atoms with Gasteiger partial charge in [0.1, 0.15) is 28.6 Å². The molecular weight excluding hydrogens is 389 g/mol. The van der Waals surface area contributed by atoms with Crippen LogP contribution in [0.2, 0.25) is 0 Å². The van der Waals surface area contributed by atoms with Crippen molar-refractivity contribution in [2.75, 3.05) is 14.2 Å². The maximum atomic E-state index is 13.4. The van der Waals surface area contributed by atoms with Gasteiger partial charge in [0.25, 0.3) is 0 Å². The summed E-state index contributed by atoms with van der Waals surface area (Å²) in [6.45, 7) is 0. The normalized spacial score (nSPS) is 10.8. The van der Waals surface area contributed by atoms with Crippen molar-refractivity contribution in [3.63, 3.8) is 0 Å². The van der Waals surface area contributed by atoms with E-state index in [0.717, 1.165) is 0 Å². The monoisotopic (exact) mass is 405 g/mol. The average Bonchev–Trinajstić information content (AvgIpc) is 3.17. The molecule has 0 N–H and O–H groups in total. The lowest BCUT2D eigenvalue weighted by molar-refractivity contribution is 0.0594. The number of esters is 1. The van der Waals surface area contributed by atoms with E-state index in [4.69, 9.17) is 4.74 Å². The van der Waals surface area contributed by atoms with Crippen LogP contribution in [0.4, 0.5) is 4.39 Å². The summed E-state index contributed by atoms with van der Waals surface area (Å²) >= 11 is 0. The van der Waals surface area contributed by atoms with Crippen LogP contribution in [-0.2, 0) is 4.74 Å². The molecule has 30 heavy (non-hydrogen) atoms. The van der Waals surface area contributed by atoms with Gasteiger partial charge in [-0.05, 0) is 48.5 Å². The minimum atomic E-state index is -0.645. The van der Waals surface area contributed by atoms with Crippen LogP contribution >= 0.6 is 0 Å². The smallest absolute Gasteiger partial charge is 0.356 e. The molecule has 0 aliphatic rings. The number of ketones is 1. The number of aromatic nitrogens is 3. The zero-order valence-electron chi connectivity index (χ0n) is 16.1. The van der Waals surface area contributed by atoms with E-state index in [9.17, 15) is 14.0 Å². The Kier molecular flexibility index (Phi) is 4.97.